The molecule has 0 bridgehead atoms. The molecule has 6 heteroatoms. The molecule has 0 saturated carbocycles. The molecule has 0 unspecified atom stereocenters. The fraction of sp³-hybridized carbons (Fsp3) is 0.250. The number of piperazine rings is 1. The molecule has 1 fully saturated rings. The number of carbonyl (C=O) groups is 3. The van der Waals surface area contributed by atoms with Crippen LogP contribution in [0.25, 0.3) is 0 Å². The van der Waals surface area contributed by atoms with E-state index >= 15 is 0 Å². The molecule has 1 aliphatic carbocycles. The number of Topliss-reactive ketones (excluding diaryl/α,β-unsaturated/α-hetero) is 2. The van der Waals surface area contributed by atoms with Crippen LogP contribution in [-0.4, -0.2) is 60.0 Å². The highest BCUT2D eigenvalue weighted by atomic mass is 16.3. The lowest BCUT2D eigenvalue weighted by atomic mass is 10.1. The van der Waals surface area contributed by atoms with E-state index in [-0.39, 0.29) is 23.0 Å². The first-order chi connectivity index (χ1) is 12.6. The Morgan fingerprint density at radius 1 is 0.962 bits per heavy atom. The van der Waals surface area contributed by atoms with Crippen molar-refractivity contribution in [3.05, 3.63) is 71.2 Å². The minimum atomic E-state index is -0.197. The van der Waals surface area contributed by atoms with E-state index in [1.807, 2.05) is 0 Å². The molecule has 132 valence electrons. The van der Waals surface area contributed by atoms with E-state index < -0.39 is 0 Å². The van der Waals surface area contributed by atoms with Crippen molar-refractivity contribution in [2.75, 3.05) is 32.7 Å². The number of furan rings is 1. The first-order valence-corrected chi connectivity index (χ1v) is 8.59. The second kappa shape index (κ2) is 6.72. The predicted molar refractivity (Wildman–Crippen MR) is 94.2 cm³/mol. The molecule has 1 saturated heterocycles. The van der Waals surface area contributed by atoms with Gasteiger partial charge in [0.1, 0.15) is 0 Å². The lowest BCUT2D eigenvalue weighted by molar-refractivity contribution is 0.0619. The molecule has 1 aliphatic heterocycles. The van der Waals surface area contributed by atoms with Crippen molar-refractivity contribution in [1.29, 1.82) is 0 Å². The summed E-state index contributed by atoms with van der Waals surface area (Å²) in [4.78, 5) is 40.9. The normalized spacial score (nSPS) is 17.5. The van der Waals surface area contributed by atoms with Crippen molar-refractivity contribution in [1.82, 2.24) is 9.80 Å². The zero-order valence-corrected chi connectivity index (χ0v) is 14.2. The zero-order chi connectivity index (χ0) is 18.1. The molecule has 2 aromatic rings. The average molecular weight is 350 g/mol. The molecule has 1 aromatic carbocycles. The fourth-order valence-electron chi connectivity index (χ4n) is 3.37. The maximum atomic E-state index is 12.4. The van der Waals surface area contributed by atoms with Crippen molar-refractivity contribution in [2.24, 2.45) is 0 Å². The van der Waals surface area contributed by atoms with Gasteiger partial charge in [-0.1, -0.05) is 30.3 Å². The van der Waals surface area contributed by atoms with Gasteiger partial charge in [-0.3, -0.25) is 19.3 Å². The third-order valence-electron chi connectivity index (χ3n) is 4.85. The van der Waals surface area contributed by atoms with Crippen LogP contribution in [0, 0.1) is 0 Å². The summed E-state index contributed by atoms with van der Waals surface area (Å²) >= 11 is 0. The monoisotopic (exact) mass is 350 g/mol. The van der Waals surface area contributed by atoms with Crippen LogP contribution in [0.2, 0.25) is 0 Å². The van der Waals surface area contributed by atoms with E-state index in [1.165, 1.54) is 6.26 Å². The highest BCUT2D eigenvalue weighted by Gasteiger charge is 2.32. The van der Waals surface area contributed by atoms with Gasteiger partial charge < -0.3 is 9.32 Å². The largest absolute Gasteiger partial charge is 0.459 e. The lowest BCUT2D eigenvalue weighted by Gasteiger charge is -2.33. The maximum Gasteiger partial charge on any atom is 0.289 e. The SMILES string of the molecule is O=C1C(=CCN2CCN(C(=O)c3ccco3)CC2)C(=O)c2ccccc21. The number of amides is 1. The first-order valence-electron chi connectivity index (χ1n) is 8.59. The first kappa shape index (κ1) is 16.5. The fourth-order valence-corrected chi connectivity index (χ4v) is 3.37. The molecule has 0 N–H and O–H groups in total. The summed E-state index contributed by atoms with van der Waals surface area (Å²) in [6.45, 7) is 3.07. The van der Waals surface area contributed by atoms with Crippen molar-refractivity contribution >= 4 is 17.5 Å². The van der Waals surface area contributed by atoms with E-state index in [2.05, 4.69) is 4.90 Å². The van der Waals surface area contributed by atoms with Crippen LogP contribution in [0.15, 0.2) is 58.7 Å². The van der Waals surface area contributed by atoms with Gasteiger partial charge in [0.2, 0.25) is 0 Å². The highest BCUT2D eigenvalue weighted by molar-refractivity contribution is 6.39. The molecule has 1 amide bonds. The molecule has 26 heavy (non-hydrogen) atoms. The van der Waals surface area contributed by atoms with Crippen LogP contribution in [0.3, 0.4) is 0 Å². The number of benzene rings is 1. The third kappa shape index (κ3) is 2.88. The highest BCUT2D eigenvalue weighted by Crippen LogP contribution is 2.26. The van der Waals surface area contributed by atoms with E-state index in [1.54, 1.807) is 47.4 Å². The molecule has 2 heterocycles. The third-order valence-corrected chi connectivity index (χ3v) is 4.85. The van der Waals surface area contributed by atoms with E-state index in [0.29, 0.717) is 49.6 Å². The van der Waals surface area contributed by atoms with E-state index in [0.717, 1.165) is 0 Å². The number of hydrogen-bond donors (Lipinski definition) is 0. The summed E-state index contributed by atoms with van der Waals surface area (Å²) in [5.41, 5.74) is 1.22. The van der Waals surface area contributed by atoms with Crippen LogP contribution in [-0.2, 0) is 0 Å². The second-order valence-corrected chi connectivity index (χ2v) is 6.39. The quantitative estimate of drug-likeness (QED) is 0.626. The van der Waals surface area contributed by atoms with Gasteiger partial charge in [-0.15, -0.1) is 0 Å². The smallest absolute Gasteiger partial charge is 0.289 e. The topological polar surface area (TPSA) is 70.8 Å². The van der Waals surface area contributed by atoms with Gasteiger partial charge in [-0.2, -0.15) is 0 Å². The summed E-state index contributed by atoms with van der Waals surface area (Å²) in [5.74, 6) is -0.153. The molecule has 4 rings (SSSR count). The average Bonchev–Trinajstić information content (AvgIpc) is 3.29. The Hall–Kier alpha value is -2.99. The van der Waals surface area contributed by atoms with Crippen molar-refractivity contribution < 1.29 is 18.8 Å². The molecular formula is C20H18N2O4. The number of ketones is 2. The number of carbonyl (C=O) groups excluding carboxylic acids is 3. The van der Waals surface area contributed by atoms with Gasteiger partial charge >= 0.3 is 0 Å². The Labute approximate surface area is 150 Å². The van der Waals surface area contributed by atoms with E-state index in [4.69, 9.17) is 4.42 Å². The summed E-state index contributed by atoms with van der Waals surface area (Å²) in [5, 5.41) is 0. The Bertz CT molecular complexity index is 853. The Balaban J connectivity index is 1.37. The Morgan fingerprint density at radius 3 is 2.19 bits per heavy atom. The van der Waals surface area contributed by atoms with Gasteiger partial charge in [0.05, 0.1) is 11.8 Å². The maximum absolute atomic E-state index is 12.4. The number of rotatable bonds is 3. The molecule has 6 nitrogen and oxygen atoms in total. The molecule has 0 radical (unpaired) electrons. The number of nitrogens with zero attached hydrogens (tertiary/aromatic N) is 2. The molecule has 0 spiro atoms. The van der Waals surface area contributed by atoms with E-state index in [9.17, 15) is 14.4 Å². The van der Waals surface area contributed by atoms with Crippen LogP contribution >= 0.6 is 0 Å². The lowest BCUT2D eigenvalue weighted by Crippen LogP contribution is -2.48. The molecule has 1 aromatic heterocycles. The summed E-state index contributed by atoms with van der Waals surface area (Å²) in [6.07, 6.45) is 3.21. The Kier molecular flexibility index (Phi) is 4.26. The Morgan fingerprint density at radius 2 is 1.62 bits per heavy atom. The van der Waals surface area contributed by atoms with Gasteiger partial charge in [-0.05, 0) is 12.1 Å². The van der Waals surface area contributed by atoms with Gasteiger partial charge in [0, 0.05) is 43.9 Å². The summed E-state index contributed by atoms with van der Waals surface area (Å²) in [7, 11) is 0. The van der Waals surface area contributed by atoms with Crippen molar-refractivity contribution in [3.63, 3.8) is 0 Å². The second-order valence-electron chi connectivity index (χ2n) is 6.39. The van der Waals surface area contributed by atoms with Crippen LogP contribution in [0.5, 0.6) is 0 Å². The van der Waals surface area contributed by atoms with Gasteiger partial charge in [0.15, 0.2) is 17.3 Å². The molecule has 2 aliphatic rings. The number of allylic oxidation sites excluding steroid dienone is 1. The zero-order valence-electron chi connectivity index (χ0n) is 14.2. The number of fused-ring (bicyclic) bond motifs is 1. The predicted octanol–water partition coefficient (Wildman–Crippen LogP) is 2.04. The molecular weight excluding hydrogens is 332 g/mol. The summed E-state index contributed by atoms with van der Waals surface area (Å²) in [6, 6.07) is 10.3. The van der Waals surface area contributed by atoms with Gasteiger partial charge in [0.25, 0.3) is 5.91 Å². The summed E-state index contributed by atoms with van der Waals surface area (Å²) < 4.78 is 5.16. The van der Waals surface area contributed by atoms with Crippen LogP contribution < -0.4 is 0 Å². The van der Waals surface area contributed by atoms with Crippen molar-refractivity contribution in [3.8, 4) is 0 Å². The van der Waals surface area contributed by atoms with Gasteiger partial charge in [-0.25, -0.2) is 0 Å². The van der Waals surface area contributed by atoms with Crippen molar-refractivity contribution in [2.45, 2.75) is 0 Å². The van der Waals surface area contributed by atoms with Crippen LogP contribution in [0.4, 0.5) is 0 Å². The minimum Gasteiger partial charge on any atom is -0.459 e. The standard InChI is InChI=1S/C20H18N2O4/c23-18-14-4-1-2-5-15(14)19(24)16(18)7-8-21-9-11-22(12-10-21)20(25)17-6-3-13-26-17/h1-7,13H,8-12H2. The number of hydrogen-bond acceptors (Lipinski definition) is 5. The van der Waals surface area contributed by atoms with Crippen LogP contribution in [0.1, 0.15) is 31.3 Å². The minimum absolute atomic E-state index is 0.107. The molecule has 0 atom stereocenters.